The first-order valence-electron chi connectivity index (χ1n) is 6.87. The number of aromatic nitrogens is 3. The van der Waals surface area contributed by atoms with Crippen LogP contribution in [-0.4, -0.2) is 21.2 Å². The fourth-order valence-corrected chi connectivity index (χ4v) is 3.23. The molecule has 0 bridgehead atoms. The van der Waals surface area contributed by atoms with Crippen LogP contribution < -0.4 is 5.43 Å². The molecule has 4 aromatic rings. The smallest absolute Gasteiger partial charge is 0.158 e. The quantitative estimate of drug-likeness (QED) is 0.445. The lowest BCUT2D eigenvalue weighted by Crippen LogP contribution is -1.95. The van der Waals surface area contributed by atoms with Gasteiger partial charge in [0.05, 0.1) is 11.6 Å². The van der Waals surface area contributed by atoms with E-state index in [2.05, 4.69) is 37.6 Å². The van der Waals surface area contributed by atoms with Gasteiger partial charge in [-0.3, -0.25) is 5.43 Å². The second kappa shape index (κ2) is 5.23. The van der Waals surface area contributed by atoms with Gasteiger partial charge in [-0.2, -0.15) is 5.10 Å². The van der Waals surface area contributed by atoms with E-state index in [-0.39, 0.29) is 0 Å². The third kappa shape index (κ3) is 2.14. The fraction of sp³-hybridized carbons (Fsp3) is 0.0625. The van der Waals surface area contributed by atoms with Crippen LogP contribution in [0.2, 0.25) is 0 Å². The van der Waals surface area contributed by atoms with E-state index in [0.29, 0.717) is 0 Å². The summed E-state index contributed by atoms with van der Waals surface area (Å²) in [5.74, 6) is 0.722. The summed E-state index contributed by atoms with van der Waals surface area (Å²) in [6.07, 6.45) is 3.38. The van der Waals surface area contributed by atoms with E-state index in [1.807, 2.05) is 36.7 Å². The number of hydrogen-bond acceptors (Lipinski definition) is 5. The number of benzene rings is 1. The number of aryl methyl sites for hydroxylation is 1. The Bertz CT molecular complexity index is 982. The van der Waals surface area contributed by atoms with Gasteiger partial charge in [0.1, 0.15) is 11.2 Å². The minimum atomic E-state index is 0.722. The number of H-pyrrole nitrogens is 1. The molecule has 3 heterocycles. The third-order valence-electron chi connectivity index (χ3n) is 3.57. The van der Waals surface area contributed by atoms with Gasteiger partial charge < -0.3 is 4.98 Å². The van der Waals surface area contributed by atoms with E-state index in [9.17, 15) is 0 Å². The third-order valence-corrected chi connectivity index (χ3v) is 4.39. The largest absolute Gasteiger partial charge is 0.358 e. The highest BCUT2D eigenvalue weighted by atomic mass is 32.1. The number of nitrogens with one attached hydrogen (secondary N) is 2. The van der Waals surface area contributed by atoms with E-state index < -0.39 is 0 Å². The molecule has 4 rings (SSSR count). The van der Waals surface area contributed by atoms with Gasteiger partial charge in [-0.15, -0.1) is 11.3 Å². The van der Waals surface area contributed by atoms with E-state index in [4.69, 9.17) is 0 Å². The SMILES string of the molecule is Cc1[nH]c2ccccc2c1C=NNc1ncnc2sccc12. The Kier molecular flexibility index (Phi) is 3.08. The zero-order valence-electron chi connectivity index (χ0n) is 11.9. The van der Waals surface area contributed by atoms with E-state index in [0.717, 1.165) is 38.2 Å². The van der Waals surface area contributed by atoms with Gasteiger partial charge in [0, 0.05) is 22.2 Å². The summed E-state index contributed by atoms with van der Waals surface area (Å²) in [7, 11) is 0. The zero-order valence-corrected chi connectivity index (χ0v) is 12.7. The maximum atomic E-state index is 4.34. The molecular formula is C16H13N5S. The van der Waals surface area contributed by atoms with E-state index >= 15 is 0 Å². The van der Waals surface area contributed by atoms with Crippen LogP contribution in [0.25, 0.3) is 21.1 Å². The molecule has 108 valence electrons. The molecule has 22 heavy (non-hydrogen) atoms. The van der Waals surface area contributed by atoms with Gasteiger partial charge >= 0.3 is 0 Å². The molecule has 3 aromatic heterocycles. The maximum Gasteiger partial charge on any atom is 0.158 e. The van der Waals surface area contributed by atoms with Crippen LogP contribution in [-0.2, 0) is 0 Å². The summed E-state index contributed by atoms with van der Waals surface area (Å²) < 4.78 is 0. The topological polar surface area (TPSA) is 66.0 Å². The molecule has 0 radical (unpaired) electrons. The highest BCUT2D eigenvalue weighted by molar-refractivity contribution is 7.16. The molecule has 0 fully saturated rings. The first-order valence-corrected chi connectivity index (χ1v) is 7.75. The number of anilines is 1. The summed E-state index contributed by atoms with van der Waals surface area (Å²) in [5.41, 5.74) is 6.30. The van der Waals surface area contributed by atoms with Crippen molar-refractivity contribution in [1.82, 2.24) is 15.0 Å². The van der Waals surface area contributed by atoms with Crippen molar-refractivity contribution >= 4 is 44.5 Å². The number of hydrazone groups is 1. The number of aromatic amines is 1. The molecule has 0 amide bonds. The Morgan fingerprint density at radius 1 is 1.18 bits per heavy atom. The fourth-order valence-electron chi connectivity index (χ4n) is 2.50. The minimum absolute atomic E-state index is 0.722. The number of thiophene rings is 1. The van der Waals surface area contributed by atoms with Crippen LogP contribution in [0.4, 0.5) is 5.82 Å². The second-order valence-electron chi connectivity index (χ2n) is 4.94. The van der Waals surface area contributed by atoms with Crippen molar-refractivity contribution < 1.29 is 0 Å². The molecule has 6 heteroatoms. The van der Waals surface area contributed by atoms with Crippen LogP contribution in [0, 0.1) is 6.92 Å². The summed E-state index contributed by atoms with van der Waals surface area (Å²) >= 11 is 1.59. The van der Waals surface area contributed by atoms with Crippen molar-refractivity contribution in [3.8, 4) is 0 Å². The van der Waals surface area contributed by atoms with Gasteiger partial charge in [0.2, 0.25) is 0 Å². The van der Waals surface area contributed by atoms with Gasteiger partial charge in [-0.05, 0) is 24.4 Å². The van der Waals surface area contributed by atoms with Crippen molar-refractivity contribution in [2.75, 3.05) is 5.43 Å². The van der Waals surface area contributed by atoms with Crippen molar-refractivity contribution in [1.29, 1.82) is 0 Å². The van der Waals surface area contributed by atoms with Gasteiger partial charge in [0.25, 0.3) is 0 Å². The summed E-state index contributed by atoms with van der Waals surface area (Å²) in [5, 5.41) is 8.49. The van der Waals surface area contributed by atoms with Gasteiger partial charge in [-0.25, -0.2) is 9.97 Å². The summed E-state index contributed by atoms with van der Waals surface area (Å²) in [6.45, 7) is 2.04. The van der Waals surface area contributed by atoms with Crippen molar-refractivity contribution in [3.63, 3.8) is 0 Å². The highest BCUT2D eigenvalue weighted by Crippen LogP contribution is 2.24. The van der Waals surface area contributed by atoms with E-state index in [1.54, 1.807) is 17.7 Å². The number of hydrogen-bond donors (Lipinski definition) is 2. The zero-order chi connectivity index (χ0) is 14.9. The number of rotatable bonds is 3. The van der Waals surface area contributed by atoms with Gasteiger partial charge in [0.15, 0.2) is 5.82 Å². The molecule has 0 spiro atoms. The van der Waals surface area contributed by atoms with E-state index in [1.165, 1.54) is 0 Å². The van der Waals surface area contributed by atoms with Crippen molar-refractivity contribution in [3.05, 3.63) is 53.3 Å². The molecule has 1 aromatic carbocycles. The van der Waals surface area contributed by atoms with Crippen molar-refractivity contribution in [2.24, 2.45) is 5.10 Å². The van der Waals surface area contributed by atoms with Crippen LogP contribution in [0.15, 0.2) is 47.1 Å². The van der Waals surface area contributed by atoms with Crippen LogP contribution in [0.1, 0.15) is 11.3 Å². The Balaban J connectivity index is 1.67. The first kappa shape index (κ1) is 13.0. The predicted octanol–water partition coefficient (Wildman–Crippen LogP) is 3.93. The molecular weight excluding hydrogens is 294 g/mol. The number of nitrogens with zero attached hydrogens (tertiary/aromatic N) is 3. The molecule has 0 saturated carbocycles. The normalized spacial score (nSPS) is 11.7. The Hall–Kier alpha value is -2.73. The average molecular weight is 307 g/mol. The summed E-state index contributed by atoms with van der Waals surface area (Å²) in [4.78, 5) is 12.8. The molecule has 0 saturated heterocycles. The molecule has 0 unspecified atom stereocenters. The molecule has 0 aliphatic rings. The monoisotopic (exact) mass is 307 g/mol. The average Bonchev–Trinajstić information content (AvgIpc) is 3.12. The predicted molar refractivity (Wildman–Crippen MR) is 91.7 cm³/mol. The number of para-hydroxylation sites is 1. The van der Waals surface area contributed by atoms with Gasteiger partial charge in [-0.1, -0.05) is 18.2 Å². The second-order valence-corrected chi connectivity index (χ2v) is 5.84. The summed E-state index contributed by atoms with van der Waals surface area (Å²) in [6, 6.07) is 10.2. The minimum Gasteiger partial charge on any atom is -0.358 e. The van der Waals surface area contributed by atoms with Crippen molar-refractivity contribution in [2.45, 2.75) is 6.92 Å². The molecule has 5 nitrogen and oxygen atoms in total. The maximum absolute atomic E-state index is 4.34. The lowest BCUT2D eigenvalue weighted by atomic mass is 10.1. The Labute approximate surface area is 130 Å². The lowest BCUT2D eigenvalue weighted by molar-refractivity contribution is 1.19. The standard InChI is InChI=1S/C16H13N5S/c1-10-13(11-4-2-3-5-14(11)20-10)8-19-21-15-12-6-7-22-16(12)18-9-17-15/h2-9,20H,1H3,(H,17,18,21). The van der Waals surface area contributed by atoms with Crippen LogP contribution in [0.3, 0.4) is 0 Å². The van der Waals surface area contributed by atoms with Crippen LogP contribution in [0.5, 0.6) is 0 Å². The van der Waals surface area contributed by atoms with Crippen LogP contribution >= 0.6 is 11.3 Å². The highest BCUT2D eigenvalue weighted by Gasteiger charge is 2.06. The Morgan fingerprint density at radius 2 is 2.09 bits per heavy atom. The lowest BCUT2D eigenvalue weighted by Gasteiger charge is -2.00. The molecule has 2 N–H and O–H groups in total. The first-order chi connectivity index (χ1) is 10.8. The Morgan fingerprint density at radius 3 is 3.05 bits per heavy atom. The molecule has 0 aliphatic carbocycles. The molecule has 0 aliphatic heterocycles. The molecule has 0 atom stereocenters. The number of fused-ring (bicyclic) bond motifs is 2.